The Morgan fingerprint density at radius 3 is 3.00 bits per heavy atom. The van der Waals surface area contributed by atoms with E-state index >= 15 is 0 Å². The Balaban J connectivity index is 2.16. The molecule has 1 atom stereocenters. The van der Waals surface area contributed by atoms with Gasteiger partial charge < -0.3 is 4.98 Å². The van der Waals surface area contributed by atoms with E-state index in [4.69, 9.17) is 0 Å². The second-order valence-electron chi connectivity index (χ2n) is 3.89. The number of non-ortho nitro benzene ring substituents is 1. The zero-order valence-corrected chi connectivity index (χ0v) is 9.33. The number of nitrogens with one attached hydrogen (secondary N) is 1. The predicted octanol–water partition coefficient (Wildman–Crippen LogP) is 2.06. The summed E-state index contributed by atoms with van der Waals surface area (Å²) in [6.07, 6.45) is 2.21. The van der Waals surface area contributed by atoms with E-state index in [9.17, 15) is 10.1 Å². The van der Waals surface area contributed by atoms with Crippen LogP contribution in [-0.4, -0.2) is 20.1 Å². The maximum absolute atomic E-state index is 10.7. The van der Waals surface area contributed by atoms with Crippen molar-refractivity contribution in [2.24, 2.45) is 0 Å². The standard InChI is InChI=1S/C11H12N4O2/c1-8(5-11-12-7-13-14-11)9-3-2-4-10(6-9)15(16)17/h2-4,6-8H,5H2,1H3,(H,12,13,14)/t8-/m1/s1. The molecule has 0 saturated carbocycles. The van der Waals surface area contributed by atoms with Crippen LogP contribution in [0.2, 0.25) is 0 Å². The van der Waals surface area contributed by atoms with Crippen molar-refractivity contribution < 1.29 is 4.92 Å². The van der Waals surface area contributed by atoms with Crippen molar-refractivity contribution in [1.82, 2.24) is 15.2 Å². The van der Waals surface area contributed by atoms with Crippen molar-refractivity contribution in [3.05, 3.63) is 52.1 Å². The minimum atomic E-state index is -0.384. The summed E-state index contributed by atoms with van der Waals surface area (Å²) in [5, 5.41) is 18.3. The molecule has 0 radical (unpaired) electrons. The first-order valence-electron chi connectivity index (χ1n) is 5.26. The fourth-order valence-electron chi connectivity index (χ4n) is 1.68. The molecule has 17 heavy (non-hydrogen) atoms. The van der Waals surface area contributed by atoms with Gasteiger partial charge in [0.15, 0.2) is 0 Å². The summed E-state index contributed by atoms with van der Waals surface area (Å²) >= 11 is 0. The molecule has 0 aliphatic heterocycles. The van der Waals surface area contributed by atoms with E-state index in [0.717, 1.165) is 11.4 Å². The number of benzene rings is 1. The molecule has 88 valence electrons. The van der Waals surface area contributed by atoms with Crippen molar-refractivity contribution >= 4 is 5.69 Å². The van der Waals surface area contributed by atoms with E-state index in [2.05, 4.69) is 15.2 Å². The van der Waals surface area contributed by atoms with Crippen LogP contribution in [0.5, 0.6) is 0 Å². The number of hydrogen-bond donors (Lipinski definition) is 1. The summed E-state index contributed by atoms with van der Waals surface area (Å²) in [7, 11) is 0. The lowest BCUT2D eigenvalue weighted by Crippen LogP contribution is -2.01. The monoisotopic (exact) mass is 232 g/mol. The maximum atomic E-state index is 10.7. The number of hydrogen-bond acceptors (Lipinski definition) is 4. The van der Waals surface area contributed by atoms with Gasteiger partial charge in [-0.15, -0.1) is 10.2 Å². The molecule has 1 aromatic heterocycles. The largest absolute Gasteiger partial charge is 0.332 e. The van der Waals surface area contributed by atoms with E-state index in [-0.39, 0.29) is 16.5 Å². The number of H-pyrrole nitrogens is 1. The van der Waals surface area contributed by atoms with Crippen molar-refractivity contribution in [2.75, 3.05) is 0 Å². The third-order valence-electron chi connectivity index (χ3n) is 2.62. The average Bonchev–Trinajstić information content (AvgIpc) is 2.82. The molecular formula is C11H12N4O2. The second kappa shape index (κ2) is 4.73. The van der Waals surface area contributed by atoms with Gasteiger partial charge in [-0.25, -0.2) is 0 Å². The highest BCUT2D eigenvalue weighted by molar-refractivity contribution is 5.36. The molecule has 0 fully saturated rings. The molecule has 0 spiro atoms. The first-order chi connectivity index (χ1) is 8.16. The Labute approximate surface area is 97.9 Å². The van der Waals surface area contributed by atoms with Crippen LogP contribution in [0, 0.1) is 10.1 Å². The topological polar surface area (TPSA) is 84.7 Å². The summed E-state index contributed by atoms with van der Waals surface area (Å²) in [6, 6.07) is 6.67. The minimum absolute atomic E-state index is 0.118. The molecule has 0 unspecified atom stereocenters. The Bertz CT molecular complexity index is 510. The highest BCUT2D eigenvalue weighted by Crippen LogP contribution is 2.22. The molecule has 0 amide bonds. The SMILES string of the molecule is C[C@H](Cc1nnc[nH]1)c1cccc([N+](=O)[O-])c1. The van der Waals surface area contributed by atoms with Crippen LogP contribution < -0.4 is 0 Å². The molecule has 1 N–H and O–H groups in total. The Morgan fingerprint density at radius 1 is 1.53 bits per heavy atom. The lowest BCUT2D eigenvalue weighted by Gasteiger charge is -2.09. The molecule has 1 aromatic carbocycles. The van der Waals surface area contributed by atoms with E-state index in [0.29, 0.717) is 6.42 Å². The second-order valence-corrected chi connectivity index (χ2v) is 3.89. The smallest absolute Gasteiger partial charge is 0.269 e. The Hall–Kier alpha value is -2.24. The molecule has 6 nitrogen and oxygen atoms in total. The summed E-state index contributed by atoms with van der Waals surface area (Å²) in [4.78, 5) is 13.2. The zero-order chi connectivity index (χ0) is 12.3. The van der Waals surface area contributed by atoms with Gasteiger partial charge in [0.25, 0.3) is 5.69 Å². The number of aromatic amines is 1. The van der Waals surface area contributed by atoms with Crippen LogP contribution in [0.3, 0.4) is 0 Å². The van der Waals surface area contributed by atoms with Crippen molar-refractivity contribution in [2.45, 2.75) is 19.3 Å². The summed E-state index contributed by atoms with van der Waals surface area (Å²) in [5.74, 6) is 0.937. The normalized spacial score (nSPS) is 12.3. The molecule has 0 aliphatic rings. The van der Waals surface area contributed by atoms with Crippen molar-refractivity contribution in [3.8, 4) is 0 Å². The van der Waals surface area contributed by atoms with Gasteiger partial charge in [-0.1, -0.05) is 19.1 Å². The average molecular weight is 232 g/mol. The highest BCUT2D eigenvalue weighted by atomic mass is 16.6. The third-order valence-corrected chi connectivity index (χ3v) is 2.62. The molecule has 1 heterocycles. The quantitative estimate of drug-likeness (QED) is 0.645. The molecule has 2 aromatic rings. The minimum Gasteiger partial charge on any atom is -0.332 e. The molecule has 6 heteroatoms. The Kier molecular flexibility index (Phi) is 3.13. The summed E-state index contributed by atoms with van der Waals surface area (Å²) < 4.78 is 0. The van der Waals surface area contributed by atoms with Crippen LogP contribution in [0.15, 0.2) is 30.6 Å². The number of nitro benzene ring substituents is 1. The number of nitro groups is 1. The maximum Gasteiger partial charge on any atom is 0.269 e. The molecule has 0 bridgehead atoms. The predicted molar refractivity (Wildman–Crippen MR) is 61.6 cm³/mol. The van der Waals surface area contributed by atoms with Crippen LogP contribution in [0.25, 0.3) is 0 Å². The van der Waals surface area contributed by atoms with E-state index in [1.807, 2.05) is 13.0 Å². The van der Waals surface area contributed by atoms with Gasteiger partial charge in [-0.3, -0.25) is 10.1 Å². The molecule has 2 rings (SSSR count). The first kappa shape index (κ1) is 11.3. The van der Waals surface area contributed by atoms with Crippen molar-refractivity contribution in [1.29, 1.82) is 0 Å². The zero-order valence-electron chi connectivity index (χ0n) is 9.33. The van der Waals surface area contributed by atoms with E-state index < -0.39 is 0 Å². The summed E-state index contributed by atoms with van der Waals surface area (Å²) in [5.41, 5.74) is 1.04. The lowest BCUT2D eigenvalue weighted by atomic mass is 9.97. The highest BCUT2D eigenvalue weighted by Gasteiger charge is 2.12. The fraction of sp³-hybridized carbons (Fsp3) is 0.273. The number of aromatic nitrogens is 3. The van der Waals surface area contributed by atoms with Gasteiger partial charge in [-0.2, -0.15) is 0 Å². The number of rotatable bonds is 4. The Morgan fingerprint density at radius 2 is 2.35 bits per heavy atom. The molecule has 0 saturated heterocycles. The molecular weight excluding hydrogens is 220 g/mol. The molecule has 0 aliphatic carbocycles. The number of nitrogens with zero attached hydrogens (tertiary/aromatic N) is 3. The lowest BCUT2D eigenvalue weighted by molar-refractivity contribution is -0.384. The van der Waals surface area contributed by atoms with Gasteiger partial charge in [0, 0.05) is 18.6 Å². The van der Waals surface area contributed by atoms with E-state index in [1.165, 1.54) is 12.4 Å². The van der Waals surface area contributed by atoms with Crippen LogP contribution in [0.1, 0.15) is 24.2 Å². The van der Waals surface area contributed by atoms with Gasteiger partial charge in [0.1, 0.15) is 12.2 Å². The third kappa shape index (κ3) is 2.66. The van der Waals surface area contributed by atoms with Gasteiger partial charge >= 0.3 is 0 Å². The van der Waals surface area contributed by atoms with Crippen LogP contribution in [0.4, 0.5) is 5.69 Å². The fourth-order valence-corrected chi connectivity index (χ4v) is 1.68. The van der Waals surface area contributed by atoms with Gasteiger partial charge in [0.2, 0.25) is 0 Å². The van der Waals surface area contributed by atoms with Gasteiger partial charge in [0.05, 0.1) is 4.92 Å². The van der Waals surface area contributed by atoms with E-state index in [1.54, 1.807) is 12.1 Å². The summed E-state index contributed by atoms with van der Waals surface area (Å²) in [6.45, 7) is 2.00. The van der Waals surface area contributed by atoms with Crippen LogP contribution >= 0.6 is 0 Å². The van der Waals surface area contributed by atoms with Gasteiger partial charge in [-0.05, 0) is 11.5 Å². The van der Waals surface area contributed by atoms with Crippen LogP contribution in [-0.2, 0) is 6.42 Å². The van der Waals surface area contributed by atoms with Crippen molar-refractivity contribution in [3.63, 3.8) is 0 Å². The first-order valence-corrected chi connectivity index (χ1v) is 5.26.